The number of rotatable bonds is 4. The maximum Gasteiger partial charge on any atom is 0.251 e. The van der Waals surface area contributed by atoms with Crippen molar-refractivity contribution in [3.8, 4) is 5.75 Å². The number of nitrogens with zero attached hydrogens (tertiary/aromatic N) is 2. The van der Waals surface area contributed by atoms with Crippen LogP contribution in [-0.4, -0.2) is 21.3 Å². The number of hydrogen-bond acceptors (Lipinski definition) is 3. The van der Waals surface area contributed by atoms with E-state index in [9.17, 15) is 4.79 Å². The van der Waals surface area contributed by atoms with E-state index in [0.717, 1.165) is 40.2 Å². The lowest BCUT2D eigenvalue weighted by molar-refractivity contribution is 0.0619. The zero-order chi connectivity index (χ0) is 21.5. The van der Waals surface area contributed by atoms with E-state index >= 15 is 0 Å². The smallest absolute Gasteiger partial charge is 0.251 e. The van der Waals surface area contributed by atoms with Gasteiger partial charge in [-0.3, -0.25) is 9.48 Å². The molecule has 1 aromatic heterocycles. The van der Waals surface area contributed by atoms with Crippen molar-refractivity contribution in [2.75, 3.05) is 0 Å². The molecule has 1 aliphatic rings. The number of aryl methyl sites for hydroxylation is 3. The van der Waals surface area contributed by atoms with Gasteiger partial charge < -0.3 is 10.1 Å². The predicted molar refractivity (Wildman–Crippen MR) is 118 cm³/mol. The Bertz CT molecular complexity index is 1080. The summed E-state index contributed by atoms with van der Waals surface area (Å²) in [5.41, 5.74) is 5.79. The number of amides is 1. The van der Waals surface area contributed by atoms with E-state index in [1.807, 2.05) is 48.0 Å². The van der Waals surface area contributed by atoms with E-state index < -0.39 is 0 Å². The van der Waals surface area contributed by atoms with E-state index in [2.05, 4.69) is 50.2 Å². The summed E-state index contributed by atoms with van der Waals surface area (Å²) >= 11 is 0. The zero-order valence-corrected chi connectivity index (χ0v) is 18.3. The number of hydrogen-bond donors (Lipinski definition) is 1. The molecule has 0 spiro atoms. The maximum absolute atomic E-state index is 13.0. The lowest BCUT2D eigenvalue weighted by atomic mass is 9.88. The minimum atomic E-state index is -0.330. The molecule has 0 fully saturated rings. The van der Waals surface area contributed by atoms with Crippen LogP contribution in [0.15, 0.2) is 48.5 Å². The summed E-state index contributed by atoms with van der Waals surface area (Å²) in [6, 6.07) is 15.9. The first-order valence-electron chi connectivity index (χ1n) is 10.4. The second kappa shape index (κ2) is 7.63. The first kappa shape index (κ1) is 20.2. The van der Waals surface area contributed by atoms with Crippen LogP contribution in [0.1, 0.15) is 64.7 Å². The fraction of sp³-hybridized carbons (Fsp3) is 0.360. The Balaban J connectivity index is 1.50. The number of carbonyl (C=O) groups is 1. The van der Waals surface area contributed by atoms with Gasteiger partial charge in [0.25, 0.3) is 5.91 Å². The van der Waals surface area contributed by atoms with Crippen LogP contribution < -0.4 is 10.1 Å². The van der Waals surface area contributed by atoms with Gasteiger partial charge in [0, 0.05) is 23.2 Å². The van der Waals surface area contributed by atoms with E-state index in [4.69, 9.17) is 4.74 Å². The summed E-state index contributed by atoms with van der Waals surface area (Å²) in [5, 5.41) is 7.73. The van der Waals surface area contributed by atoms with Gasteiger partial charge in [0.1, 0.15) is 11.4 Å². The molecule has 0 radical (unpaired) electrons. The summed E-state index contributed by atoms with van der Waals surface area (Å²) in [5.74, 6) is 0.783. The molecule has 1 amide bonds. The number of fused-ring (bicyclic) bond motifs is 1. The third kappa shape index (κ3) is 4.25. The van der Waals surface area contributed by atoms with Crippen LogP contribution in [-0.2, 0) is 6.54 Å². The van der Waals surface area contributed by atoms with E-state index in [0.29, 0.717) is 12.1 Å². The van der Waals surface area contributed by atoms with Crippen molar-refractivity contribution in [2.45, 2.75) is 59.2 Å². The second-order valence-corrected chi connectivity index (χ2v) is 8.91. The van der Waals surface area contributed by atoms with Gasteiger partial charge >= 0.3 is 0 Å². The molecule has 3 aromatic rings. The molecule has 0 aliphatic carbocycles. The number of carbonyl (C=O) groups excluding carboxylic acids is 1. The van der Waals surface area contributed by atoms with Gasteiger partial charge in [-0.05, 0) is 64.4 Å². The highest BCUT2D eigenvalue weighted by molar-refractivity contribution is 5.94. The van der Waals surface area contributed by atoms with Crippen molar-refractivity contribution in [1.82, 2.24) is 15.1 Å². The van der Waals surface area contributed by atoms with Gasteiger partial charge in [0.15, 0.2) is 0 Å². The van der Waals surface area contributed by atoms with Gasteiger partial charge in [-0.25, -0.2) is 0 Å². The average Bonchev–Trinajstić information content (AvgIpc) is 2.99. The quantitative estimate of drug-likeness (QED) is 0.675. The average molecular weight is 404 g/mol. The van der Waals surface area contributed by atoms with Crippen LogP contribution in [0.3, 0.4) is 0 Å². The van der Waals surface area contributed by atoms with Crippen molar-refractivity contribution in [3.63, 3.8) is 0 Å². The minimum Gasteiger partial charge on any atom is -0.487 e. The summed E-state index contributed by atoms with van der Waals surface area (Å²) in [4.78, 5) is 13.0. The van der Waals surface area contributed by atoms with Gasteiger partial charge in [0.2, 0.25) is 0 Å². The fourth-order valence-corrected chi connectivity index (χ4v) is 4.11. The lowest BCUT2D eigenvalue weighted by Gasteiger charge is -2.38. The van der Waals surface area contributed by atoms with Gasteiger partial charge in [0.05, 0.1) is 18.3 Å². The van der Waals surface area contributed by atoms with Crippen LogP contribution >= 0.6 is 0 Å². The Labute approximate surface area is 178 Å². The summed E-state index contributed by atoms with van der Waals surface area (Å²) < 4.78 is 8.10. The molecule has 4 rings (SSSR count). The molecule has 1 aliphatic heterocycles. The minimum absolute atomic E-state index is 0.0668. The number of ether oxygens (including phenoxy) is 1. The first-order valence-corrected chi connectivity index (χ1v) is 10.4. The van der Waals surface area contributed by atoms with Gasteiger partial charge in [-0.2, -0.15) is 5.10 Å². The Morgan fingerprint density at radius 3 is 2.53 bits per heavy atom. The summed E-state index contributed by atoms with van der Waals surface area (Å²) in [7, 11) is 0. The highest BCUT2D eigenvalue weighted by Gasteiger charge is 2.34. The summed E-state index contributed by atoms with van der Waals surface area (Å²) in [6.45, 7) is 10.9. The molecule has 0 bridgehead atoms. The third-order valence-electron chi connectivity index (χ3n) is 5.58. The van der Waals surface area contributed by atoms with Crippen LogP contribution in [0.5, 0.6) is 5.75 Å². The largest absolute Gasteiger partial charge is 0.487 e. The number of aromatic nitrogens is 2. The Morgan fingerprint density at radius 1 is 1.13 bits per heavy atom. The standard InChI is InChI=1S/C25H29N3O2/c1-16-6-11-23-21(12-16)22(14-25(4,5)30-23)26-24(29)20-9-7-19(8-10-20)15-28-18(3)13-17(2)27-28/h6-13,22H,14-15H2,1-5H3,(H,26,29). The van der Waals surface area contributed by atoms with Gasteiger partial charge in [-0.1, -0.05) is 29.8 Å². The molecule has 1 unspecified atom stereocenters. The molecule has 5 nitrogen and oxygen atoms in total. The lowest BCUT2D eigenvalue weighted by Crippen LogP contribution is -2.41. The van der Waals surface area contributed by atoms with E-state index in [-0.39, 0.29) is 17.6 Å². The van der Waals surface area contributed by atoms with Crippen molar-refractivity contribution in [3.05, 3.63) is 82.2 Å². The second-order valence-electron chi connectivity index (χ2n) is 8.91. The molecule has 5 heteroatoms. The highest BCUT2D eigenvalue weighted by Crippen LogP contribution is 2.40. The molecule has 0 saturated carbocycles. The zero-order valence-electron chi connectivity index (χ0n) is 18.3. The van der Waals surface area contributed by atoms with Crippen molar-refractivity contribution >= 4 is 5.91 Å². The molecule has 2 heterocycles. The molecule has 156 valence electrons. The van der Waals surface area contributed by atoms with E-state index in [1.54, 1.807) is 0 Å². The van der Waals surface area contributed by atoms with Crippen molar-refractivity contribution < 1.29 is 9.53 Å². The fourth-order valence-electron chi connectivity index (χ4n) is 4.11. The molecular formula is C25H29N3O2. The highest BCUT2D eigenvalue weighted by atomic mass is 16.5. The molecular weight excluding hydrogens is 374 g/mol. The SMILES string of the molecule is Cc1ccc2c(c1)C(NC(=O)c1ccc(Cn3nc(C)cc3C)cc1)CC(C)(C)O2. The van der Waals surface area contributed by atoms with Crippen molar-refractivity contribution in [1.29, 1.82) is 0 Å². The Hall–Kier alpha value is -3.08. The van der Waals surface area contributed by atoms with Crippen LogP contribution in [0.2, 0.25) is 0 Å². The number of nitrogens with one attached hydrogen (secondary N) is 1. The molecule has 30 heavy (non-hydrogen) atoms. The molecule has 0 saturated heterocycles. The predicted octanol–water partition coefficient (Wildman–Crippen LogP) is 4.89. The Kier molecular flexibility index (Phi) is 5.14. The van der Waals surface area contributed by atoms with Crippen molar-refractivity contribution in [2.24, 2.45) is 0 Å². The first-order chi connectivity index (χ1) is 14.2. The maximum atomic E-state index is 13.0. The molecule has 1 N–H and O–H groups in total. The summed E-state index contributed by atoms with van der Waals surface area (Å²) in [6.07, 6.45) is 0.727. The van der Waals surface area contributed by atoms with Gasteiger partial charge in [-0.15, -0.1) is 0 Å². The van der Waals surface area contributed by atoms with Crippen LogP contribution in [0.4, 0.5) is 0 Å². The molecule has 1 atom stereocenters. The van der Waals surface area contributed by atoms with Crippen LogP contribution in [0.25, 0.3) is 0 Å². The topological polar surface area (TPSA) is 56.2 Å². The third-order valence-corrected chi connectivity index (χ3v) is 5.58. The number of benzene rings is 2. The normalized spacial score (nSPS) is 17.2. The monoisotopic (exact) mass is 403 g/mol. The molecule has 2 aromatic carbocycles. The van der Waals surface area contributed by atoms with E-state index in [1.165, 1.54) is 0 Å². The Morgan fingerprint density at radius 2 is 1.87 bits per heavy atom. The van der Waals surface area contributed by atoms with Crippen LogP contribution in [0, 0.1) is 20.8 Å².